The van der Waals surface area contributed by atoms with E-state index in [2.05, 4.69) is 68.4 Å². The van der Waals surface area contributed by atoms with E-state index in [9.17, 15) is 10.2 Å². The average molecular weight is 459 g/mol. The Kier molecular flexibility index (Phi) is 6.52. The van der Waals surface area contributed by atoms with Gasteiger partial charge in [-0.25, -0.2) is 0 Å². The molecule has 4 aliphatic rings. The van der Waals surface area contributed by atoms with Crippen molar-refractivity contribution >= 4 is 0 Å². The van der Waals surface area contributed by atoms with Gasteiger partial charge in [-0.15, -0.1) is 0 Å². The molecule has 190 valence electrons. The van der Waals surface area contributed by atoms with Gasteiger partial charge in [0, 0.05) is 0 Å². The summed E-state index contributed by atoms with van der Waals surface area (Å²) in [5.74, 6) is 3.46. The van der Waals surface area contributed by atoms with Gasteiger partial charge in [0.05, 0.1) is 12.2 Å². The molecule has 2 nitrogen and oxygen atoms in total. The summed E-state index contributed by atoms with van der Waals surface area (Å²) in [6.07, 6.45) is 11.3. The Balaban J connectivity index is 1.67. The Morgan fingerprint density at radius 2 is 1.67 bits per heavy atom. The van der Waals surface area contributed by atoms with Gasteiger partial charge >= 0.3 is 0 Å². The van der Waals surface area contributed by atoms with E-state index in [4.69, 9.17) is 0 Å². The van der Waals surface area contributed by atoms with Gasteiger partial charge in [0.1, 0.15) is 0 Å². The molecular weight excluding hydrogens is 404 g/mol. The van der Waals surface area contributed by atoms with Crippen LogP contribution in [0.3, 0.4) is 0 Å². The first kappa shape index (κ1) is 25.7. The Bertz CT molecular complexity index is 765. The summed E-state index contributed by atoms with van der Waals surface area (Å²) in [6, 6.07) is 0. The van der Waals surface area contributed by atoms with Crippen molar-refractivity contribution in [1.82, 2.24) is 0 Å². The van der Waals surface area contributed by atoms with Crippen molar-refractivity contribution in [2.75, 3.05) is 0 Å². The number of fused-ring (bicyclic) bond motifs is 5. The molecule has 0 amide bonds. The second-order valence-electron chi connectivity index (χ2n) is 14.8. The molecule has 0 aromatic rings. The predicted octanol–water partition coefficient (Wildman–Crippen LogP) is 7.63. The van der Waals surface area contributed by atoms with Crippen LogP contribution in [0, 0.1) is 57.2 Å². The maximum Gasteiger partial charge on any atom is 0.0594 e. The minimum atomic E-state index is -0.197. The minimum Gasteiger partial charge on any atom is -0.393 e. The fraction of sp³-hybridized carbons (Fsp3) is 0.935. The third kappa shape index (κ3) is 3.62. The molecular formula is C31H54O2. The summed E-state index contributed by atoms with van der Waals surface area (Å²) >= 11 is 0. The van der Waals surface area contributed by atoms with Crippen LogP contribution in [0.2, 0.25) is 0 Å². The van der Waals surface area contributed by atoms with Gasteiger partial charge in [0.25, 0.3) is 0 Å². The van der Waals surface area contributed by atoms with Crippen LogP contribution in [-0.2, 0) is 0 Å². The van der Waals surface area contributed by atoms with Crippen molar-refractivity contribution in [1.29, 1.82) is 0 Å². The number of rotatable bonds is 4. The molecule has 33 heavy (non-hydrogen) atoms. The standard InChI is InChI=1S/C31H54O2/c1-19(2)11-10-12-20(3)22-13-16-30(8)26(22)23(32)17-24-29(7)15-14-25(33)28(5,6)27(29)21(4)18-31(24,30)9/h11,20-27,32-33H,10,12-18H2,1-9H3/t20?,21-,22?,23-,24?,25+,26?,27?,29-,30-,31-/m1/s1. The molecule has 4 rings (SSSR count). The first-order valence-electron chi connectivity index (χ1n) is 14.2. The van der Waals surface area contributed by atoms with E-state index in [1.807, 2.05) is 0 Å². The van der Waals surface area contributed by atoms with E-state index in [0.29, 0.717) is 35.5 Å². The van der Waals surface area contributed by atoms with Crippen LogP contribution >= 0.6 is 0 Å². The van der Waals surface area contributed by atoms with Gasteiger partial charge in [-0.2, -0.15) is 0 Å². The Morgan fingerprint density at radius 1 is 1.00 bits per heavy atom. The molecule has 0 aromatic heterocycles. The van der Waals surface area contributed by atoms with Crippen LogP contribution in [0.1, 0.15) is 114 Å². The number of aliphatic hydroxyl groups is 2. The molecule has 0 radical (unpaired) electrons. The van der Waals surface area contributed by atoms with Crippen LogP contribution in [0.25, 0.3) is 0 Å². The lowest BCUT2D eigenvalue weighted by molar-refractivity contribution is -0.258. The van der Waals surface area contributed by atoms with Crippen molar-refractivity contribution in [3.63, 3.8) is 0 Å². The maximum atomic E-state index is 11.8. The number of hydrogen-bond donors (Lipinski definition) is 2. The third-order valence-corrected chi connectivity index (χ3v) is 12.5. The van der Waals surface area contributed by atoms with Gasteiger partial charge in [-0.3, -0.25) is 0 Å². The molecule has 4 fully saturated rings. The lowest BCUT2D eigenvalue weighted by Gasteiger charge is -2.72. The predicted molar refractivity (Wildman–Crippen MR) is 139 cm³/mol. The van der Waals surface area contributed by atoms with Gasteiger partial charge in [0.15, 0.2) is 0 Å². The van der Waals surface area contributed by atoms with Crippen LogP contribution in [0.5, 0.6) is 0 Å². The molecule has 0 spiro atoms. The van der Waals surface area contributed by atoms with Crippen LogP contribution in [0.4, 0.5) is 0 Å². The first-order valence-corrected chi connectivity index (χ1v) is 14.2. The van der Waals surface area contributed by atoms with Crippen molar-refractivity contribution in [2.24, 2.45) is 57.2 Å². The molecule has 4 aliphatic carbocycles. The molecule has 11 atom stereocenters. The topological polar surface area (TPSA) is 40.5 Å². The summed E-state index contributed by atoms with van der Waals surface area (Å²) in [7, 11) is 0. The van der Waals surface area contributed by atoms with Crippen LogP contribution in [-0.4, -0.2) is 22.4 Å². The van der Waals surface area contributed by atoms with Gasteiger partial charge in [-0.1, -0.05) is 60.1 Å². The molecule has 0 aliphatic heterocycles. The highest BCUT2D eigenvalue weighted by Gasteiger charge is 2.71. The van der Waals surface area contributed by atoms with Gasteiger partial charge in [-0.05, 0) is 122 Å². The fourth-order valence-corrected chi connectivity index (χ4v) is 11.2. The quantitative estimate of drug-likeness (QED) is 0.425. The van der Waals surface area contributed by atoms with Crippen molar-refractivity contribution in [2.45, 2.75) is 126 Å². The zero-order valence-corrected chi connectivity index (χ0v) is 23.2. The third-order valence-electron chi connectivity index (χ3n) is 12.5. The molecule has 2 N–H and O–H groups in total. The average Bonchev–Trinajstić information content (AvgIpc) is 3.07. The molecule has 0 aromatic carbocycles. The first-order chi connectivity index (χ1) is 15.2. The summed E-state index contributed by atoms with van der Waals surface area (Å²) in [5.41, 5.74) is 2.07. The molecule has 2 heteroatoms. The minimum absolute atomic E-state index is 0.0475. The summed E-state index contributed by atoms with van der Waals surface area (Å²) in [6.45, 7) is 21.8. The molecule has 0 bridgehead atoms. The Labute approximate surface area is 205 Å². The van der Waals surface area contributed by atoms with Crippen molar-refractivity contribution < 1.29 is 10.2 Å². The fourth-order valence-electron chi connectivity index (χ4n) is 11.2. The SMILES string of the molecule is CC(C)=CCCC(C)C1CC[C@]2(C)C1[C@H](O)CC1[C@@]3(C)CC[C@H](O)C(C)(C)C3[C@H](C)C[C@]12C. The lowest BCUT2D eigenvalue weighted by Crippen LogP contribution is -2.68. The van der Waals surface area contributed by atoms with E-state index in [1.165, 1.54) is 37.7 Å². The van der Waals surface area contributed by atoms with E-state index in [0.717, 1.165) is 19.3 Å². The molecule has 5 unspecified atom stereocenters. The van der Waals surface area contributed by atoms with Crippen LogP contribution < -0.4 is 0 Å². The number of aliphatic hydroxyl groups excluding tert-OH is 2. The van der Waals surface area contributed by atoms with Crippen molar-refractivity contribution in [3.05, 3.63) is 11.6 Å². The smallest absolute Gasteiger partial charge is 0.0594 e. The zero-order valence-electron chi connectivity index (χ0n) is 23.2. The second-order valence-corrected chi connectivity index (χ2v) is 14.8. The van der Waals surface area contributed by atoms with Crippen LogP contribution in [0.15, 0.2) is 11.6 Å². The molecule has 4 saturated carbocycles. The second kappa shape index (κ2) is 8.36. The highest BCUT2D eigenvalue weighted by Crippen LogP contribution is 2.76. The highest BCUT2D eigenvalue weighted by atomic mass is 16.3. The van der Waals surface area contributed by atoms with Crippen molar-refractivity contribution in [3.8, 4) is 0 Å². The normalized spacial score (nSPS) is 51.8. The monoisotopic (exact) mass is 458 g/mol. The largest absolute Gasteiger partial charge is 0.393 e. The Hall–Kier alpha value is -0.340. The molecule has 0 heterocycles. The highest BCUT2D eigenvalue weighted by molar-refractivity contribution is 5.20. The number of allylic oxidation sites excluding steroid dienone is 2. The lowest BCUT2D eigenvalue weighted by atomic mass is 9.33. The van der Waals surface area contributed by atoms with E-state index < -0.39 is 0 Å². The molecule has 0 saturated heterocycles. The Morgan fingerprint density at radius 3 is 2.30 bits per heavy atom. The summed E-state index contributed by atoms with van der Waals surface area (Å²) < 4.78 is 0. The summed E-state index contributed by atoms with van der Waals surface area (Å²) in [5, 5.41) is 22.8. The van der Waals surface area contributed by atoms with Gasteiger partial charge < -0.3 is 10.2 Å². The number of hydrogen-bond acceptors (Lipinski definition) is 2. The van der Waals surface area contributed by atoms with Gasteiger partial charge in [0.2, 0.25) is 0 Å². The maximum absolute atomic E-state index is 11.8. The van der Waals surface area contributed by atoms with E-state index in [-0.39, 0.29) is 33.9 Å². The van der Waals surface area contributed by atoms with E-state index in [1.54, 1.807) is 0 Å². The summed E-state index contributed by atoms with van der Waals surface area (Å²) in [4.78, 5) is 0. The van der Waals surface area contributed by atoms with E-state index >= 15 is 0 Å². The zero-order chi connectivity index (χ0) is 24.6.